The van der Waals surface area contributed by atoms with Gasteiger partial charge in [-0.2, -0.15) is 0 Å². The van der Waals surface area contributed by atoms with Gasteiger partial charge in [0.1, 0.15) is 5.76 Å². The summed E-state index contributed by atoms with van der Waals surface area (Å²) in [4.78, 5) is 14.3. The molecule has 1 heterocycles. The lowest BCUT2D eigenvalue weighted by Crippen LogP contribution is -2.42. The summed E-state index contributed by atoms with van der Waals surface area (Å²) in [6.07, 6.45) is 4.06. The van der Waals surface area contributed by atoms with Crippen LogP contribution in [-0.2, 0) is 16.4 Å². The van der Waals surface area contributed by atoms with Gasteiger partial charge >= 0.3 is 0 Å². The van der Waals surface area contributed by atoms with Crippen molar-refractivity contribution in [3.05, 3.63) is 64.0 Å². The number of carbonyl (C=O) groups excluding carboxylic acids is 1. The fraction of sp³-hybridized carbons (Fsp3) is 0.188. The van der Waals surface area contributed by atoms with Crippen molar-refractivity contribution in [1.29, 1.82) is 0 Å². The topological polar surface area (TPSA) is 88.4 Å². The second-order valence-electron chi connectivity index (χ2n) is 5.26. The average molecular weight is 332 g/mol. The Bertz CT molecular complexity index is 881. The molecule has 0 spiro atoms. The molecule has 0 atom stereocenters. The van der Waals surface area contributed by atoms with E-state index in [4.69, 9.17) is 4.42 Å². The molecule has 2 aromatic rings. The Morgan fingerprint density at radius 1 is 1.17 bits per heavy atom. The molecular formula is C16H16N2O4S. The third kappa shape index (κ3) is 3.20. The van der Waals surface area contributed by atoms with Crippen LogP contribution in [0, 0.1) is 6.92 Å². The van der Waals surface area contributed by atoms with Crippen LogP contribution in [0.15, 0.2) is 45.9 Å². The molecule has 0 bridgehead atoms. The second kappa shape index (κ2) is 6.02. The SMILES string of the molecule is Cc1occc1C(=O)NNS(=O)(=O)C1=Cc2ccccc2CC1. The van der Waals surface area contributed by atoms with Gasteiger partial charge in [-0.05, 0) is 43.0 Å². The van der Waals surface area contributed by atoms with Crippen LogP contribution in [0.3, 0.4) is 0 Å². The summed E-state index contributed by atoms with van der Waals surface area (Å²) >= 11 is 0. The second-order valence-corrected chi connectivity index (χ2v) is 6.99. The maximum Gasteiger partial charge on any atom is 0.269 e. The number of benzene rings is 1. The number of hydrogen-bond acceptors (Lipinski definition) is 4. The van der Waals surface area contributed by atoms with Crippen molar-refractivity contribution in [2.24, 2.45) is 0 Å². The quantitative estimate of drug-likeness (QED) is 0.840. The minimum absolute atomic E-state index is 0.250. The van der Waals surface area contributed by atoms with Crippen molar-refractivity contribution >= 4 is 22.0 Å². The number of allylic oxidation sites excluding steroid dienone is 1. The van der Waals surface area contributed by atoms with Crippen molar-refractivity contribution in [2.75, 3.05) is 0 Å². The van der Waals surface area contributed by atoms with Crippen LogP contribution in [0.25, 0.3) is 6.08 Å². The standard InChI is InChI=1S/C16H16N2O4S/c1-11-15(8-9-22-11)16(19)17-18-23(20,21)14-7-6-12-4-2-3-5-13(12)10-14/h2-5,8-10,18H,6-7H2,1H3,(H,17,19). The number of hydrazine groups is 1. The van der Waals surface area contributed by atoms with E-state index in [0.717, 1.165) is 11.1 Å². The van der Waals surface area contributed by atoms with Crippen LogP contribution in [-0.4, -0.2) is 14.3 Å². The highest BCUT2D eigenvalue weighted by Gasteiger charge is 2.22. The molecule has 0 saturated heterocycles. The molecule has 0 radical (unpaired) electrons. The average Bonchev–Trinajstić information content (AvgIpc) is 2.98. The van der Waals surface area contributed by atoms with E-state index in [-0.39, 0.29) is 10.5 Å². The van der Waals surface area contributed by atoms with E-state index >= 15 is 0 Å². The summed E-state index contributed by atoms with van der Waals surface area (Å²) in [6.45, 7) is 1.63. The summed E-state index contributed by atoms with van der Waals surface area (Å²) in [5.41, 5.74) is 4.50. The maximum absolute atomic E-state index is 12.3. The first kappa shape index (κ1) is 15.5. The van der Waals surface area contributed by atoms with Crippen LogP contribution in [0.1, 0.15) is 33.7 Å². The highest BCUT2D eigenvalue weighted by Crippen LogP contribution is 2.26. The lowest BCUT2D eigenvalue weighted by Gasteiger charge is -2.17. The van der Waals surface area contributed by atoms with Crippen molar-refractivity contribution in [2.45, 2.75) is 19.8 Å². The minimum atomic E-state index is -3.78. The first-order chi connectivity index (χ1) is 11.0. The van der Waals surface area contributed by atoms with Gasteiger partial charge < -0.3 is 4.42 Å². The molecule has 3 rings (SSSR count). The number of rotatable bonds is 4. The molecule has 1 aromatic heterocycles. The molecule has 1 amide bonds. The van der Waals surface area contributed by atoms with Gasteiger partial charge in [-0.25, -0.2) is 8.42 Å². The van der Waals surface area contributed by atoms with E-state index in [0.29, 0.717) is 18.6 Å². The van der Waals surface area contributed by atoms with Crippen molar-refractivity contribution in [3.63, 3.8) is 0 Å². The minimum Gasteiger partial charge on any atom is -0.469 e. The normalized spacial score (nSPS) is 14.0. The van der Waals surface area contributed by atoms with Crippen LogP contribution < -0.4 is 10.3 Å². The van der Waals surface area contributed by atoms with Crippen molar-refractivity contribution in [1.82, 2.24) is 10.3 Å². The van der Waals surface area contributed by atoms with Gasteiger partial charge in [0.05, 0.1) is 16.7 Å². The monoisotopic (exact) mass is 332 g/mol. The molecular weight excluding hydrogens is 316 g/mol. The fourth-order valence-corrected chi connectivity index (χ4v) is 3.50. The molecule has 6 nitrogen and oxygen atoms in total. The third-order valence-electron chi connectivity index (χ3n) is 3.76. The number of aryl methyl sites for hydroxylation is 2. The molecule has 1 aliphatic carbocycles. The van der Waals surface area contributed by atoms with Crippen molar-refractivity contribution < 1.29 is 17.6 Å². The van der Waals surface area contributed by atoms with Crippen LogP contribution in [0.2, 0.25) is 0 Å². The first-order valence-corrected chi connectivity index (χ1v) is 8.60. The van der Waals surface area contributed by atoms with E-state index in [9.17, 15) is 13.2 Å². The fourth-order valence-electron chi connectivity index (χ4n) is 2.49. The van der Waals surface area contributed by atoms with E-state index in [1.165, 1.54) is 12.3 Å². The molecule has 23 heavy (non-hydrogen) atoms. The van der Waals surface area contributed by atoms with Crippen LogP contribution >= 0.6 is 0 Å². The summed E-state index contributed by atoms with van der Waals surface area (Å²) in [5, 5.41) is 0. The Labute approximate surface area is 134 Å². The zero-order valence-electron chi connectivity index (χ0n) is 12.5. The van der Waals surface area contributed by atoms with Gasteiger partial charge in [-0.1, -0.05) is 24.3 Å². The predicted octanol–water partition coefficient (Wildman–Crippen LogP) is 2.14. The Morgan fingerprint density at radius 2 is 1.96 bits per heavy atom. The third-order valence-corrected chi connectivity index (χ3v) is 5.14. The van der Waals surface area contributed by atoms with Crippen LogP contribution in [0.5, 0.6) is 0 Å². The number of carbonyl (C=O) groups is 1. The Kier molecular flexibility index (Phi) is 4.06. The van der Waals surface area contributed by atoms with Gasteiger partial charge in [0.15, 0.2) is 0 Å². The van der Waals surface area contributed by atoms with E-state index in [2.05, 4.69) is 10.3 Å². The predicted molar refractivity (Wildman–Crippen MR) is 85.7 cm³/mol. The molecule has 7 heteroatoms. The number of nitrogens with one attached hydrogen (secondary N) is 2. The number of sulfonamides is 1. The van der Waals surface area contributed by atoms with Gasteiger partial charge in [0.2, 0.25) is 0 Å². The molecule has 0 saturated carbocycles. The smallest absolute Gasteiger partial charge is 0.269 e. The van der Waals surface area contributed by atoms with E-state index in [1.54, 1.807) is 13.0 Å². The number of amides is 1. The molecule has 0 fully saturated rings. The Morgan fingerprint density at radius 3 is 2.70 bits per heavy atom. The number of furan rings is 1. The Hall–Kier alpha value is -2.38. The van der Waals surface area contributed by atoms with E-state index in [1.807, 2.05) is 24.3 Å². The summed E-state index contributed by atoms with van der Waals surface area (Å²) < 4.78 is 29.7. The zero-order chi connectivity index (χ0) is 16.4. The van der Waals surface area contributed by atoms with Crippen molar-refractivity contribution in [3.8, 4) is 0 Å². The Balaban J connectivity index is 1.74. The lowest BCUT2D eigenvalue weighted by molar-refractivity contribution is 0.0943. The summed E-state index contributed by atoms with van der Waals surface area (Å²) in [7, 11) is -3.78. The summed E-state index contributed by atoms with van der Waals surface area (Å²) in [5.74, 6) is -0.135. The highest BCUT2D eigenvalue weighted by molar-refractivity contribution is 7.93. The summed E-state index contributed by atoms with van der Waals surface area (Å²) in [6, 6.07) is 9.12. The zero-order valence-corrected chi connectivity index (χ0v) is 13.3. The maximum atomic E-state index is 12.3. The number of hydrogen-bond donors (Lipinski definition) is 2. The van der Waals surface area contributed by atoms with Gasteiger partial charge in [0, 0.05) is 0 Å². The first-order valence-electron chi connectivity index (χ1n) is 7.12. The van der Waals surface area contributed by atoms with Gasteiger partial charge in [0.25, 0.3) is 15.9 Å². The molecule has 0 unspecified atom stereocenters. The molecule has 1 aliphatic rings. The lowest BCUT2D eigenvalue weighted by atomic mass is 9.98. The van der Waals surface area contributed by atoms with Crippen LogP contribution in [0.4, 0.5) is 0 Å². The molecule has 2 N–H and O–H groups in total. The molecule has 0 aliphatic heterocycles. The number of fused-ring (bicyclic) bond motifs is 1. The van der Waals surface area contributed by atoms with Gasteiger partial charge in [-0.3, -0.25) is 10.2 Å². The largest absolute Gasteiger partial charge is 0.469 e. The molecule has 120 valence electrons. The molecule has 1 aromatic carbocycles. The highest BCUT2D eigenvalue weighted by atomic mass is 32.2. The van der Waals surface area contributed by atoms with E-state index < -0.39 is 15.9 Å². The van der Waals surface area contributed by atoms with Gasteiger partial charge in [-0.15, -0.1) is 4.83 Å².